The lowest BCUT2D eigenvalue weighted by Crippen LogP contribution is -2.36. The number of halogens is 2. The van der Waals surface area contributed by atoms with E-state index < -0.39 is 7.26 Å². The van der Waals surface area contributed by atoms with Crippen molar-refractivity contribution in [1.82, 2.24) is 5.32 Å². The number of nitrogens with one attached hydrogen (secondary N) is 1. The molecule has 164 valence electrons. The van der Waals surface area contributed by atoms with Crippen LogP contribution in [0.25, 0.3) is 0 Å². The molecule has 0 saturated carbocycles. The summed E-state index contributed by atoms with van der Waals surface area (Å²) in [7, 11) is -2.52. The summed E-state index contributed by atoms with van der Waals surface area (Å²) < 4.78 is 0.509. The fourth-order valence-electron chi connectivity index (χ4n) is 3.78. The Morgan fingerprint density at radius 2 is 1.12 bits per heavy atom. The van der Waals surface area contributed by atoms with E-state index in [1.807, 2.05) is 78.9 Å². The highest BCUT2D eigenvalue weighted by Gasteiger charge is 2.51. The average Bonchev–Trinajstić information content (AvgIpc) is 2.87. The summed E-state index contributed by atoms with van der Waals surface area (Å²) >= 11 is 14.5. The van der Waals surface area contributed by atoms with E-state index in [1.54, 1.807) is 0 Å². The first-order valence-electron chi connectivity index (χ1n) is 10.3. The van der Waals surface area contributed by atoms with Crippen LogP contribution in [-0.2, 0) is 4.79 Å². The normalized spacial score (nSPS) is 12.1. The van der Waals surface area contributed by atoms with Gasteiger partial charge in [0.2, 0.25) is 11.8 Å². The van der Waals surface area contributed by atoms with E-state index in [9.17, 15) is 4.79 Å². The Labute approximate surface area is 209 Å². The van der Waals surface area contributed by atoms with Crippen LogP contribution < -0.4 is 21.2 Å². The Bertz CT molecular complexity index is 1140. The molecule has 0 saturated heterocycles. The van der Waals surface area contributed by atoms with Crippen molar-refractivity contribution in [1.29, 1.82) is 0 Å². The van der Waals surface area contributed by atoms with Gasteiger partial charge in [-0.3, -0.25) is 10.1 Å². The molecule has 0 fully saturated rings. The highest BCUT2D eigenvalue weighted by Crippen LogP contribution is 2.63. The fourth-order valence-corrected chi connectivity index (χ4v) is 9.83. The number of carbonyl (C=O) groups excluding carboxylic acids is 1. The summed E-state index contributed by atoms with van der Waals surface area (Å²) in [5, 5.41) is 6.97. The minimum atomic E-state index is -2.52. The van der Waals surface area contributed by atoms with Crippen LogP contribution in [0, 0.1) is 0 Å². The Kier molecular flexibility index (Phi) is 7.90. The van der Waals surface area contributed by atoms with E-state index in [1.165, 1.54) is 11.8 Å². The molecule has 6 heteroatoms. The molecular weight excluding hydrogens is 488 g/mol. The number of carbonyl (C=O) groups is 1. The molecule has 0 bridgehead atoms. The molecule has 0 heterocycles. The van der Waals surface area contributed by atoms with Crippen LogP contribution in [-0.4, -0.2) is 6.41 Å². The Balaban J connectivity index is 2.05. The maximum absolute atomic E-state index is 11.9. The van der Waals surface area contributed by atoms with Gasteiger partial charge in [-0.1, -0.05) is 89.6 Å². The van der Waals surface area contributed by atoms with E-state index in [4.69, 9.17) is 23.2 Å². The molecule has 1 N–H and O–H groups in total. The predicted molar refractivity (Wildman–Crippen MR) is 145 cm³/mol. The van der Waals surface area contributed by atoms with Crippen LogP contribution >= 0.6 is 42.2 Å². The first-order valence-corrected chi connectivity index (χ1v) is 13.6. The van der Waals surface area contributed by atoms with E-state index in [2.05, 4.69) is 41.7 Å². The van der Waals surface area contributed by atoms with Gasteiger partial charge in [0.15, 0.2) is 7.26 Å². The molecule has 0 atom stereocenters. The van der Waals surface area contributed by atoms with Crippen molar-refractivity contribution in [2.24, 2.45) is 0 Å². The first-order chi connectivity index (χ1) is 16.2. The van der Waals surface area contributed by atoms with Gasteiger partial charge in [0.05, 0.1) is 0 Å². The summed E-state index contributed by atoms with van der Waals surface area (Å²) in [5.74, 6) is 0. The van der Waals surface area contributed by atoms with Crippen LogP contribution in [0.1, 0.15) is 0 Å². The molecule has 0 aliphatic rings. The van der Waals surface area contributed by atoms with Crippen LogP contribution in [0.5, 0.6) is 0 Å². The van der Waals surface area contributed by atoms with Gasteiger partial charge in [0.25, 0.3) is 0 Å². The Hall–Kier alpha value is -2.55. The van der Waals surface area contributed by atoms with Gasteiger partial charge in [-0.15, -0.1) is 0 Å². The zero-order valence-corrected chi connectivity index (χ0v) is 20.8. The van der Waals surface area contributed by atoms with Crippen LogP contribution in [0.2, 0.25) is 5.02 Å². The molecule has 0 spiro atoms. The third-order valence-corrected chi connectivity index (χ3v) is 11.3. The molecule has 0 aliphatic heterocycles. The molecule has 0 aliphatic carbocycles. The van der Waals surface area contributed by atoms with Crippen molar-refractivity contribution in [3.05, 3.63) is 130 Å². The van der Waals surface area contributed by atoms with Crippen LogP contribution in [0.4, 0.5) is 0 Å². The van der Waals surface area contributed by atoms with Crippen molar-refractivity contribution in [2.75, 3.05) is 0 Å². The van der Waals surface area contributed by atoms with Crippen molar-refractivity contribution < 1.29 is 4.79 Å². The van der Waals surface area contributed by atoms with Crippen molar-refractivity contribution in [3.63, 3.8) is 0 Å². The quantitative estimate of drug-likeness (QED) is 0.166. The SMILES string of the molecule is O=CNC(=C(Cl)Sc1ccc(Cl)cc1)[P+](c1ccccc1)(c1ccccc1)c1ccccc1. The fraction of sp³-hybridized carbons (Fsp3) is 0. The number of hydrogen-bond donors (Lipinski definition) is 1. The molecular formula is C27H21Cl2NOPS+. The van der Waals surface area contributed by atoms with Crippen molar-refractivity contribution in [3.8, 4) is 0 Å². The Morgan fingerprint density at radius 1 is 0.697 bits per heavy atom. The van der Waals surface area contributed by atoms with Crippen molar-refractivity contribution >= 4 is 64.5 Å². The molecule has 0 radical (unpaired) electrons. The molecule has 0 unspecified atom stereocenters. The minimum absolute atomic E-state index is 0.509. The maximum Gasteiger partial charge on any atom is 0.214 e. The minimum Gasteiger partial charge on any atom is -0.297 e. The standard InChI is InChI=1S/C27H20Cl2NOPS/c28-21-16-18-25(19-17-21)33-26(29)27(30-20-31)32(22-10-4-1-5-11-22,23-12-6-2-7-13-23)24-14-8-3-9-15-24/h1-20H/p+1. The van der Waals surface area contributed by atoms with Gasteiger partial charge >= 0.3 is 0 Å². The number of hydrogen-bond acceptors (Lipinski definition) is 2. The lowest BCUT2D eigenvalue weighted by atomic mass is 10.4. The Morgan fingerprint density at radius 3 is 1.52 bits per heavy atom. The summed E-state index contributed by atoms with van der Waals surface area (Å²) in [6.45, 7) is 0. The van der Waals surface area contributed by atoms with E-state index in [0.717, 1.165) is 20.8 Å². The van der Waals surface area contributed by atoms with Gasteiger partial charge < -0.3 is 0 Å². The van der Waals surface area contributed by atoms with Gasteiger partial charge in [-0.2, -0.15) is 0 Å². The maximum atomic E-state index is 11.9. The molecule has 0 aromatic heterocycles. The predicted octanol–water partition coefficient (Wildman–Crippen LogP) is 6.54. The van der Waals surface area contributed by atoms with Gasteiger partial charge in [0.1, 0.15) is 20.3 Å². The van der Waals surface area contributed by atoms with Crippen LogP contribution in [0.3, 0.4) is 0 Å². The van der Waals surface area contributed by atoms with Crippen molar-refractivity contribution in [2.45, 2.75) is 4.90 Å². The molecule has 1 amide bonds. The zero-order chi connectivity index (χ0) is 23.1. The first kappa shape index (κ1) is 23.6. The summed E-state index contributed by atoms with van der Waals surface area (Å²) in [6, 6.07) is 38.3. The lowest BCUT2D eigenvalue weighted by Gasteiger charge is -2.29. The second kappa shape index (κ2) is 11.0. The molecule has 4 aromatic rings. The number of benzene rings is 4. The number of thioether (sulfide) groups is 1. The lowest BCUT2D eigenvalue weighted by molar-refractivity contribution is -0.108. The monoisotopic (exact) mass is 508 g/mol. The van der Waals surface area contributed by atoms with E-state index in [-0.39, 0.29) is 0 Å². The van der Waals surface area contributed by atoms with Crippen LogP contribution in [0.15, 0.2) is 130 Å². The zero-order valence-electron chi connectivity index (χ0n) is 17.6. The van der Waals surface area contributed by atoms with Gasteiger partial charge in [-0.05, 0) is 60.7 Å². The third kappa shape index (κ3) is 5.03. The highest BCUT2D eigenvalue weighted by molar-refractivity contribution is 8.06. The summed E-state index contributed by atoms with van der Waals surface area (Å²) in [5.41, 5.74) is 0.697. The third-order valence-electron chi connectivity index (χ3n) is 5.17. The highest BCUT2D eigenvalue weighted by atomic mass is 35.5. The summed E-state index contributed by atoms with van der Waals surface area (Å²) in [6.07, 6.45) is 0.712. The van der Waals surface area contributed by atoms with Gasteiger partial charge in [0, 0.05) is 9.92 Å². The molecule has 4 rings (SSSR count). The smallest absolute Gasteiger partial charge is 0.214 e. The topological polar surface area (TPSA) is 29.1 Å². The number of rotatable bonds is 8. The largest absolute Gasteiger partial charge is 0.297 e. The number of amides is 1. The molecule has 4 aromatic carbocycles. The second-order valence-electron chi connectivity index (χ2n) is 7.12. The van der Waals surface area contributed by atoms with Gasteiger partial charge in [-0.25, -0.2) is 0 Å². The van der Waals surface area contributed by atoms with E-state index in [0.29, 0.717) is 21.2 Å². The second-order valence-corrected chi connectivity index (χ2v) is 12.6. The average molecular weight is 509 g/mol. The van der Waals surface area contributed by atoms with E-state index >= 15 is 0 Å². The molecule has 2 nitrogen and oxygen atoms in total. The summed E-state index contributed by atoms with van der Waals surface area (Å²) in [4.78, 5) is 12.9. The molecule has 33 heavy (non-hydrogen) atoms.